The first-order valence-corrected chi connectivity index (χ1v) is 11.0. The van der Waals surface area contributed by atoms with Crippen LogP contribution in [0, 0.1) is 11.3 Å². The zero-order valence-electron chi connectivity index (χ0n) is 15.9. The number of thiazole rings is 1. The van der Waals surface area contributed by atoms with Gasteiger partial charge < -0.3 is 10.3 Å². The smallest absolute Gasteiger partial charge is 0.252 e. The maximum absolute atomic E-state index is 12.7. The highest BCUT2D eigenvalue weighted by molar-refractivity contribution is 7.22. The van der Waals surface area contributed by atoms with Crippen molar-refractivity contribution in [3.05, 3.63) is 75.5 Å². The minimum atomic E-state index is -0.352. The first-order valence-electron chi connectivity index (χ1n) is 9.26. The summed E-state index contributed by atoms with van der Waals surface area (Å²) in [5.41, 5.74) is 3.12. The lowest BCUT2D eigenvalue weighted by atomic mass is 10.1. The normalized spacial score (nSPS) is 10.9. The fourth-order valence-electron chi connectivity index (χ4n) is 3.27. The van der Waals surface area contributed by atoms with E-state index >= 15 is 0 Å². The van der Waals surface area contributed by atoms with Gasteiger partial charge in [-0.05, 0) is 30.3 Å². The largest absolute Gasteiger partial charge is 0.320 e. The number of nitriles is 1. The lowest BCUT2D eigenvalue weighted by molar-refractivity contribution is -0.115. The number of hydrogen-bond donors (Lipinski definition) is 2. The minimum absolute atomic E-state index is 0.110. The number of nitrogens with one attached hydrogen (secondary N) is 2. The topological polar surface area (TPSA) is 112 Å². The van der Waals surface area contributed by atoms with Crippen molar-refractivity contribution in [2.24, 2.45) is 0 Å². The monoisotopic (exact) mass is 443 g/mol. The van der Waals surface area contributed by atoms with Crippen molar-refractivity contribution in [2.75, 3.05) is 5.32 Å². The molecule has 9 heteroatoms. The molecule has 0 spiro atoms. The third-order valence-electron chi connectivity index (χ3n) is 4.71. The molecule has 2 N–H and O–H groups in total. The van der Waals surface area contributed by atoms with E-state index in [9.17, 15) is 14.9 Å². The second kappa shape index (κ2) is 7.75. The van der Waals surface area contributed by atoms with E-state index in [0.717, 1.165) is 10.2 Å². The summed E-state index contributed by atoms with van der Waals surface area (Å²) in [5, 5.41) is 15.3. The summed E-state index contributed by atoms with van der Waals surface area (Å²) in [5.74, 6) is -0.352. The van der Waals surface area contributed by atoms with Gasteiger partial charge >= 0.3 is 0 Å². The summed E-state index contributed by atoms with van der Waals surface area (Å²) in [6.45, 7) is 0. The summed E-state index contributed by atoms with van der Waals surface area (Å²) in [6, 6.07) is 15.0. The van der Waals surface area contributed by atoms with Crippen LogP contribution in [0.2, 0.25) is 0 Å². The summed E-state index contributed by atoms with van der Waals surface area (Å²) < 4.78 is 1.00. The molecule has 0 saturated heterocycles. The van der Waals surface area contributed by atoms with Gasteiger partial charge in [0.25, 0.3) is 5.56 Å². The first-order chi connectivity index (χ1) is 15.1. The minimum Gasteiger partial charge on any atom is -0.320 e. The Morgan fingerprint density at radius 3 is 2.90 bits per heavy atom. The van der Waals surface area contributed by atoms with Crippen molar-refractivity contribution in [2.45, 2.75) is 6.42 Å². The molecule has 31 heavy (non-hydrogen) atoms. The SMILES string of the molecule is N#Cc1csc(NC(=O)Cc2cc3ncccc3[nH]c2=O)c1-c1nc2ccccc2s1. The molecule has 0 atom stereocenters. The average Bonchev–Trinajstić information content (AvgIpc) is 3.37. The van der Waals surface area contributed by atoms with E-state index in [1.54, 1.807) is 29.8 Å². The van der Waals surface area contributed by atoms with E-state index in [-0.39, 0.29) is 17.9 Å². The number of H-pyrrole nitrogens is 1. The number of amides is 1. The second-order valence-electron chi connectivity index (χ2n) is 6.74. The van der Waals surface area contributed by atoms with Crippen molar-refractivity contribution in [3.63, 3.8) is 0 Å². The number of benzene rings is 1. The molecule has 7 nitrogen and oxygen atoms in total. The zero-order chi connectivity index (χ0) is 21.4. The van der Waals surface area contributed by atoms with Crippen LogP contribution in [0.4, 0.5) is 5.00 Å². The Morgan fingerprint density at radius 1 is 1.19 bits per heavy atom. The molecule has 4 aromatic heterocycles. The van der Waals surface area contributed by atoms with Crippen LogP contribution in [-0.2, 0) is 11.2 Å². The molecule has 0 aliphatic heterocycles. The van der Waals surface area contributed by atoms with Gasteiger partial charge in [-0.25, -0.2) is 4.98 Å². The van der Waals surface area contributed by atoms with E-state index < -0.39 is 0 Å². The van der Waals surface area contributed by atoms with E-state index in [2.05, 4.69) is 26.3 Å². The summed E-state index contributed by atoms with van der Waals surface area (Å²) in [7, 11) is 0. The van der Waals surface area contributed by atoms with Gasteiger partial charge in [-0.2, -0.15) is 5.26 Å². The lowest BCUT2D eigenvalue weighted by Gasteiger charge is -2.06. The van der Waals surface area contributed by atoms with Crippen molar-refractivity contribution >= 4 is 54.8 Å². The molecule has 0 bridgehead atoms. The molecule has 5 rings (SSSR count). The van der Waals surface area contributed by atoms with Crippen molar-refractivity contribution in [1.82, 2.24) is 15.0 Å². The predicted molar refractivity (Wildman–Crippen MR) is 122 cm³/mol. The van der Waals surface area contributed by atoms with Crippen LogP contribution in [0.3, 0.4) is 0 Å². The molecule has 0 aliphatic carbocycles. The molecular formula is C22H13N5O2S2. The summed E-state index contributed by atoms with van der Waals surface area (Å²) in [6.07, 6.45) is 1.52. The molecule has 4 heterocycles. The molecule has 0 unspecified atom stereocenters. The number of thiophene rings is 1. The number of carbonyl (C=O) groups is 1. The first kappa shape index (κ1) is 19.1. The number of aromatic amines is 1. The van der Waals surface area contributed by atoms with Gasteiger partial charge in [0, 0.05) is 17.1 Å². The predicted octanol–water partition coefficient (Wildman–Crippen LogP) is 4.31. The number of pyridine rings is 2. The van der Waals surface area contributed by atoms with Gasteiger partial charge in [-0.3, -0.25) is 14.6 Å². The Morgan fingerprint density at radius 2 is 2.06 bits per heavy atom. The fraction of sp³-hybridized carbons (Fsp3) is 0.0455. The van der Waals surface area contributed by atoms with E-state index in [1.807, 2.05) is 24.3 Å². The van der Waals surface area contributed by atoms with Gasteiger partial charge in [0.1, 0.15) is 16.1 Å². The lowest BCUT2D eigenvalue weighted by Crippen LogP contribution is -2.21. The number of aromatic nitrogens is 3. The Kier molecular flexibility index (Phi) is 4.78. The number of para-hydroxylation sites is 1. The number of fused-ring (bicyclic) bond motifs is 2. The maximum atomic E-state index is 12.7. The Balaban J connectivity index is 1.46. The second-order valence-corrected chi connectivity index (χ2v) is 8.65. The standard InChI is InChI=1S/C22H13N5O2S2/c23-10-13-11-30-21(19(13)22-26-15-4-1-2-6-17(15)31-22)27-18(28)9-12-8-16-14(25-20(12)29)5-3-7-24-16/h1-8,11H,9H2,(H,25,29)(H,27,28). The molecule has 150 valence electrons. The highest BCUT2D eigenvalue weighted by Gasteiger charge is 2.20. The molecular weight excluding hydrogens is 430 g/mol. The van der Waals surface area contributed by atoms with E-state index in [4.69, 9.17) is 0 Å². The third kappa shape index (κ3) is 3.59. The molecule has 0 fully saturated rings. The third-order valence-corrected chi connectivity index (χ3v) is 6.66. The van der Waals surface area contributed by atoms with Crippen molar-refractivity contribution in [3.8, 4) is 16.6 Å². The Hall–Kier alpha value is -3.87. The number of carbonyl (C=O) groups excluding carboxylic acids is 1. The Labute approximate surface area is 183 Å². The van der Waals surface area contributed by atoms with Crippen LogP contribution in [-0.4, -0.2) is 20.9 Å². The van der Waals surface area contributed by atoms with E-state index in [1.165, 1.54) is 22.7 Å². The number of anilines is 1. The molecule has 0 radical (unpaired) electrons. The highest BCUT2D eigenvalue weighted by Crippen LogP contribution is 2.40. The highest BCUT2D eigenvalue weighted by atomic mass is 32.1. The number of nitrogens with zero attached hydrogens (tertiary/aromatic N) is 3. The van der Waals surface area contributed by atoms with Crippen LogP contribution < -0.4 is 10.9 Å². The van der Waals surface area contributed by atoms with Crippen LogP contribution in [0.5, 0.6) is 0 Å². The van der Waals surface area contributed by atoms with Gasteiger partial charge in [0.2, 0.25) is 5.91 Å². The molecule has 0 aliphatic rings. The maximum Gasteiger partial charge on any atom is 0.252 e. The molecule has 5 aromatic rings. The summed E-state index contributed by atoms with van der Waals surface area (Å²) >= 11 is 2.73. The van der Waals surface area contributed by atoms with Crippen LogP contribution in [0.15, 0.2) is 58.8 Å². The quantitative estimate of drug-likeness (QED) is 0.430. The van der Waals surface area contributed by atoms with Crippen LogP contribution in [0.1, 0.15) is 11.1 Å². The average molecular weight is 444 g/mol. The summed E-state index contributed by atoms with van der Waals surface area (Å²) in [4.78, 5) is 36.7. The number of rotatable bonds is 4. The van der Waals surface area contributed by atoms with Crippen molar-refractivity contribution in [1.29, 1.82) is 5.26 Å². The van der Waals surface area contributed by atoms with Crippen molar-refractivity contribution < 1.29 is 4.79 Å². The fourth-order valence-corrected chi connectivity index (χ4v) is 5.27. The van der Waals surface area contributed by atoms with Gasteiger partial charge in [0.15, 0.2) is 0 Å². The van der Waals surface area contributed by atoms with Gasteiger partial charge in [-0.1, -0.05) is 12.1 Å². The molecule has 1 amide bonds. The van der Waals surface area contributed by atoms with Gasteiger partial charge in [0.05, 0.1) is 38.8 Å². The van der Waals surface area contributed by atoms with Crippen LogP contribution >= 0.6 is 22.7 Å². The number of hydrogen-bond acceptors (Lipinski definition) is 7. The Bertz CT molecular complexity index is 1520. The zero-order valence-corrected chi connectivity index (χ0v) is 17.5. The van der Waals surface area contributed by atoms with Gasteiger partial charge in [-0.15, -0.1) is 22.7 Å². The van der Waals surface area contributed by atoms with E-state index in [0.29, 0.717) is 37.7 Å². The molecule has 0 saturated carbocycles. The van der Waals surface area contributed by atoms with Crippen LogP contribution in [0.25, 0.3) is 31.8 Å². The molecule has 1 aromatic carbocycles.